The quantitative estimate of drug-likeness (QED) is 0.664. The summed E-state index contributed by atoms with van der Waals surface area (Å²) in [5, 5.41) is 17.8. The second-order valence-electron chi connectivity index (χ2n) is 8.02. The predicted molar refractivity (Wildman–Crippen MR) is 109 cm³/mol. The lowest BCUT2D eigenvalue weighted by molar-refractivity contribution is 0.101. The van der Waals surface area contributed by atoms with Crippen LogP contribution in [0.15, 0.2) is 23.2 Å². The number of aryl methyl sites for hydroxylation is 1. The van der Waals surface area contributed by atoms with Crippen LogP contribution in [0.2, 0.25) is 0 Å². The molecular formula is C23H34N2O. The van der Waals surface area contributed by atoms with Gasteiger partial charge in [0.05, 0.1) is 17.3 Å². The molecule has 2 saturated carbocycles. The molecular weight excluding hydrogens is 320 g/mol. The van der Waals surface area contributed by atoms with Crippen molar-refractivity contribution in [3.05, 3.63) is 29.3 Å². The van der Waals surface area contributed by atoms with E-state index in [1.54, 1.807) is 12.3 Å². The van der Waals surface area contributed by atoms with Crippen LogP contribution in [0.25, 0.3) is 0 Å². The summed E-state index contributed by atoms with van der Waals surface area (Å²) >= 11 is 0. The van der Waals surface area contributed by atoms with Gasteiger partial charge in [-0.2, -0.15) is 5.26 Å². The first-order valence-corrected chi connectivity index (χ1v) is 10.2. The van der Waals surface area contributed by atoms with Crippen molar-refractivity contribution in [3.63, 3.8) is 0 Å². The van der Waals surface area contributed by atoms with Gasteiger partial charge >= 0.3 is 0 Å². The van der Waals surface area contributed by atoms with Crippen molar-refractivity contribution in [2.75, 3.05) is 6.61 Å². The molecule has 1 spiro atoms. The van der Waals surface area contributed by atoms with E-state index in [0.29, 0.717) is 18.1 Å². The van der Waals surface area contributed by atoms with Crippen LogP contribution >= 0.6 is 0 Å². The summed E-state index contributed by atoms with van der Waals surface area (Å²) < 4.78 is 0. The fraction of sp³-hybridized carbons (Fsp3) is 0.652. The number of nitrogens with zero attached hydrogens (tertiary/aromatic N) is 2. The highest BCUT2D eigenvalue weighted by Crippen LogP contribution is 2.61. The third kappa shape index (κ3) is 5.42. The second-order valence-corrected chi connectivity index (χ2v) is 8.02. The third-order valence-corrected chi connectivity index (χ3v) is 6.18. The zero-order chi connectivity index (χ0) is 19.0. The fourth-order valence-electron chi connectivity index (χ4n) is 4.33. The van der Waals surface area contributed by atoms with Crippen molar-refractivity contribution < 1.29 is 5.11 Å². The molecule has 2 atom stereocenters. The minimum atomic E-state index is 0.429. The summed E-state index contributed by atoms with van der Waals surface area (Å²) in [5.41, 5.74) is 3.41. The van der Waals surface area contributed by atoms with Gasteiger partial charge in [-0.1, -0.05) is 19.8 Å². The van der Waals surface area contributed by atoms with Gasteiger partial charge in [-0.3, -0.25) is 4.99 Å². The van der Waals surface area contributed by atoms with Crippen molar-refractivity contribution in [1.82, 2.24) is 0 Å². The highest BCUT2D eigenvalue weighted by molar-refractivity contribution is 5.63. The van der Waals surface area contributed by atoms with E-state index in [1.165, 1.54) is 51.4 Å². The highest BCUT2D eigenvalue weighted by atomic mass is 16.3. The maximum absolute atomic E-state index is 9.22. The van der Waals surface area contributed by atoms with Crippen LogP contribution in [0.4, 0.5) is 5.69 Å². The van der Waals surface area contributed by atoms with Crippen molar-refractivity contribution in [1.29, 1.82) is 5.26 Å². The molecule has 3 nitrogen and oxygen atoms in total. The standard InChI is InChI=1S/C13H24O.C10H10N2/c1-2-3-4-12-9-11(10-14)5-6-13(12)7-8-13;1-3-12-10-5-4-9(7-11)6-8(10)2/h11-12,14H,2-10H2,1H3;3-6H,1-2H3/t11-,12?;/m1./s1. The molecule has 1 aromatic carbocycles. The molecule has 1 N–H and O–H groups in total. The van der Waals surface area contributed by atoms with Gasteiger partial charge in [0.1, 0.15) is 0 Å². The molecule has 0 amide bonds. The number of hydrogen-bond donors (Lipinski definition) is 1. The van der Waals surface area contributed by atoms with Crippen molar-refractivity contribution in [3.8, 4) is 6.07 Å². The molecule has 0 saturated heterocycles. The van der Waals surface area contributed by atoms with E-state index < -0.39 is 0 Å². The van der Waals surface area contributed by atoms with Gasteiger partial charge in [-0.15, -0.1) is 0 Å². The second kappa shape index (κ2) is 9.88. The van der Waals surface area contributed by atoms with Gasteiger partial charge in [0.15, 0.2) is 0 Å². The van der Waals surface area contributed by atoms with Crippen LogP contribution in [0.5, 0.6) is 0 Å². The first kappa shape index (κ1) is 20.6. The molecule has 0 aliphatic heterocycles. The Hall–Kier alpha value is -1.66. The molecule has 142 valence electrons. The lowest BCUT2D eigenvalue weighted by atomic mass is 9.70. The Kier molecular flexibility index (Phi) is 7.85. The summed E-state index contributed by atoms with van der Waals surface area (Å²) in [7, 11) is 0. The first-order valence-electron chi connectivity index (χ1n) is 10.2. The van der Waals surface area contributed by atoms with Crippen molar-refractivity contribution in [2.24, 2.45) is 22.2 Å². The Morgan fingerprint density at radius 3 is 2.65 bits per heavy atom. The zero-order valence-corrected chi connectivity index (χ0v) is 16.7. The van der Waals surface area contributed by atoms with Gasteiger partial charge in [0.25, 0.3) is 0 Å². The molecule has 26 heavy (non-hydrogen) atoms. The Morgan fingerprint density at radius 1 is 1.35 bits per heavy atom. The van der Waals surface area contributed by atoms with E-state index in [1.807, 2.05) is 26.0 Å². The summed E-state index contributed by atoms with van der Waals surface area (Å²) in [6.45, 7) is 6.53. The van der Waals surface area contributed by atoms with E-state index in [0.717, 1.165) is 22.6 Å². The predicted octanol–water partition coefficient (Wildman–Crippen LogP) is 5.95. The Bertz CT molecular complexity index is 640. The van der Waals surface area contributed by atoms with E-state index in [9.17, 15) is 5.11 Å². The van der Waals surface area contributed by atoms with Gasteiger partial charge in [0.2, 0.25) is 0 Å². The van der Waals surface area contributed by atoms with Gasteiger partial charge in [-0.05, 0) is 93.4 Å². The summed E-state index contributed by atoms with van der Waals surface area (Å²) in [4.78, 5) is 4.15. The Labute approximate surface area is 159 Å². The maximum atomic E-state index is 9.22. The normalized spacial score (nSPS) is 23.3. The van der Waals surface area contributed by atoms with Crippen LogP contribution in [-0.2, 0) is 0 Å². The van der Waals surface area contributed by atoms with Gasteiger partial charge < -0.3 is 5.11 Å². The Balaban J connectivity index is 0.000000190. The molecule has 0 aromatic heterocycles. The highest BCUT2D eigenvalue weighted by Gasteiger charge is 2.50. The van der Waals surface area contributed by atoms with Gasteiger partial charge in [0, 0.05) is 12.8 Å². The fourth-order valence-corrected chi connectivity index (χ4v) is 4.33. The van der Waals surface area contributed by atoms with Crippen LogP contribution in [0.3, 0.4) is 0 Å². The number of aliphatic imine (C=N–C) groups is 1. The van der Waals surface area contributed by atoms with Crippen LogP contribution < -0.4 is 0 Å². The number of benzene rings is 1. The van der Waals surface area contributed by atoms with Crippen LogP contribution in [-0.4, -0.2) is 17.9 Å². The molecule has 3 rings (SSSR count). The number of hydrogen-bond acceptors (Lipinski definition) is 3. The molecule has 1 unspecified atom stereocenters. The van der Waals surface area contributed by atoms with Crippen LogP contribution in [0.1, 0.15) is 76.3 Å². The average Bonchev–Trinajstić information content (AvgIpc) is 3.44. The molecule has 2 aliphatic carbocycles. The smallest absolute Gasteiger partial charge is 0.0991 e. The summed E-state index contributed by atoms with van der Waals surface area (Å²) in [6, 6.07) is 7.55. The molecule has 1 aromatic rings. The van der Waals surface area contributed by atoms with Crippen molar-refractivity contribution >= 4 is 11.9 Å². The van der Waals surface area contributed by atoms with Crippen molar-refractivity contribution in [2.45, 2.75) is 72.1 Å². The first-order chi connectivity index (χ1) is 12.6. The maximum Gasteiger partial charge on any atom is 0.0991 e. The number of aliphatic hydroxyl groups is 1. The molecule has 2 aliphatic rings. The van der Waals surface area contributed by atoms with Crippen LogP contribution in [0, 0.1) is 35.5 Å². The molecule has 3 heteroatoms. The Morgan fingerprint density at radius 2 is 2.12 bits per heavy atom. The number of unbranched alkanes of at least 4 members (excludes halogenated alkanes) is 1. The molecule has 0 bridgehead atoms. The zero-order valence-electron chi connectivity index (χ0n) is 16.7. The third-order valence-electron chi connectivity index (χ3n) is 6.18. The minimum absolute atomic E-state index is 0.429. The number of aliphatic hydroxyl groups excluding tert-OH is 1. The number of nitriles is 1. The summed E-state index contributed by atoms with van der Waals surface area (Å²) in [6.07, 6.45) is 12.9. The SMILES string of the molecule is CC=Nc1ccc(C#N)cc1C.CCCCC1C[C@H](CO)CCC12CC2. The van der Waals surface area contributed by atoms with E-state index in [2.05, 4.69) is 18.0 Å². The van der Waals surface area contributed by atoms with E-state index in [-0.39, 0.29) is 0 Å². The lowest BCUT2D eigenvalue weighted by Gasteiger charge is -2.36. The lowest BCUT2D eigenvalue weighted by Crippen LogP contribution is -2.27. The summed E-state index contributed by atoms with van der Waals surface area (Å²) in [5.74, 6) is 1.58. The van der Waals surface area contributed by atoms with E-state index >= 15 is 0 Å². The minimum Gasteiger partial charge on any atom is -0.396 e. The number of rotatable bonds is 5. The van der Waals surface area contributed by atoms with Gasteiger partial charge in [-0.25, -0.2) is 0 Å². The molecule has 0 heterocycles. The average molecular weight is 355 g/mol. The van der Waals surface area contributed by atoms with E-state index in [4.69, 9.17) is 5.26 Å². The topological polar surface area (TPSA) is 56.4 Å². The monoisotopic (exact) mass is 354 g/mol. The molecule has 2 fully saturated rings. The molecule has 0 radical (unpaired) electrons. The largest absolute Gasteiger partial charge is 0.396 e.